The maximum atomic E-state index is 12.8. The molecule has 4 nitrogen and oxygen atoms in total. The minimum Gasteiger partial charge on any atom is -0.381 e. The van der Waals surface area contributed by atoms with Gasteiger partial charge in [-0.3, -0.25) is 4.79 Å². The fourth-order valence-electron chi connectivity index (χ4n) is 1.02. The highest BCUT2D eigenvalue weighted by Crippen LogP contribution is 2.31. The first-order valence-electron chi connectivity index (χ1n) is 4.35. The zero-order valence-corrected chi connectivity index (χ0v) is 9.65. The topological polar surface area (TPSA) is 81.1 Å². The number of hydrogen-bond acceptors (Lipinski definition) is 3. The van der Waals surface area contributed by atoms with Crippen LogP contribution >= 0.6 is 23.2 Å². The highest BCUT2D eigenvalue weighted by molar-refractivity contribution is 6.39. The van der Waals surface area contributed by atoms with E-state index in [-0.39, 0.29) is 16.6 Å². The van der Waals surface area contributed by atoms with Crippen LogP contribution in [0.1, 0.15) is 0 Å². The Morgan fingerprint density at radius 3 is 2.38 bits per heavy atom. The number of benzene rings is 1. The molecule has 16 heavy (non-hydrogen) atoms. The largest absolute Gasteiger partial charge is 0.381 e. The van der Waals surface area contributed by atoms with E-state index in [1.165, 1.54) is 0 Å². The van der Waals surface area contributed by atoms with E-state index in [0.717, 1.165) is 12.1 Å². The van der Waals surface area contributed by atoms with E-state index in [0.29, 0.717) is 5.69 Å². The lowest BCUT2D eigenvalue weighted by Crippen LogP contribution is -2.41. The summed E-state index contributed by atoms with van der Waals surface area (Å²) in [4.78, 5) is 10.7. The molecule has 0 bridgehead atoms. The van der Waals surface area contributed by atoms with Crippen LogP contribution in [0.15, 0.2) is 12.1 Å². The lowest BCUT2D eigenvalue weighted by Gasteiger charge is -2.13. The zero-order chi connectivity index (χ0) is 12.3. The number of carbonyl (C=O) groups is 1. The van der Waals surface area contributed by atoms with E-state index < -0.39 is 17.8 Å². The number of halogens is 3. The molecule has 7 heteroatoms. The van der Waals surface area contributed by atoms with Gasteiger partial charge in [0.05, 0.1) is 15.7 Å². The van der Waals surface area contributed by atoms with Crippen LogP contribution in [0.25, 0.3) is 0 Å². The minimum atomic E-state index is -0.864. The Hall–Kier alpha value is -1.04. The van der Waals surface area contributed by atoms with Crippen LogP contribution in [0.2, 0.25) is 10.0 Å². The van der Waals surface area contributed by atoms with Gasteiger partial charge in [-0.15, -0.1) is 0 Å². The van der Waals surface area contributed by atoms with Crippen molar-refractivity contribution in [3.05, 3.63) is 28.0 Å². The summed E-state index contributed by atoms with van der Waals surface area (Å²) in [6.45, 7) is 0.0698. The summed E-state index contributed by atoms with van der Waals surface area (Å²) >= 11 is 11.5. The van der Waals surface area contributed by atoms with E-state index in [2.05, 4.69) is 5.32 Å². The highest BCUT2D eigenvalue weighted by Gasteiger charge is 2.12. The van der Waals surface area contributed by atoms with Gasteiger partial charge in [0, 0.05) is 6.54 Å². The third kappa shape index (κ3) is 3.23. The molecule has 0 aliphatic heterocycles. The number of nitrogens with two attached hydrogens (primary N) is 2. The van der Waals surface area contributed by atoms with Gasteiger partial charge in [0.2, 0.25) is 5.91 Å². The van der Waals surface area contributed by atoms with Gasteiger partial charge in [-0.25, -0.2) is 4.39 Å². The molecule has 0 saturated heterocycles. The maximum Gasteiger partial charge on any atom is 0.236 e. The first-order valence-corrected chi connectivity index (χ1v) is 5.10. The van der Waals surface area contributed by atoms with Crippen molar-refractivity contribution in [2.45, 2.75) is 6.04 Å². The van der Waals surface area contributed by atoms with E-state index >= 15 is 0 Å². The first-order chi connectivity index (χ1) is 7.41. The average molecular weight is 266 g/mol. The molecule has 0 heterocycles. The Kier molecular flexibility index (Phi) is 4.35. The van der Waals surface area contributed by atoms with Gasteiger partial charge in [0.25, 0.3) is 0 Å². The monoisotopic (exact) mass is 265 g/mol. The van der Waals surface area contributed by atoms with Gasteiger partial charge in [-0.1, -0.05) is 23.2 Å². The molecule has 1 atom stereocenters. The maximum absolute atomic E-state index is 12.8. The van der Waals surface area contributed by atoms with Crippen LogP contribution in [0.5, 0.6) is 0 Å². The number of amides is 1. The molecule has 5 N–H and O–H groups in total. The Balaban J connectivity index is 2.78. The molecule has 0 saturated carbocycles. The molecule has 0 spiro atoms. The summed E-state index contributed by atoms with van der Waals surface area (Å²) in [7, 11) is 0. The molecule has 1 aromatic rings. The molecule has 1 aromatic carbocycles. The molecule has 1 amide bonds. The SMILES string of the molecule is NC(=O)C(N)CNc1c(Cl)cc(F)cc1Cl. The van der Waals surface area contributed by atoms with Crippen LogP contribution in [-0.4, -0.2) is 18.5 Å². The second-order valence-corrected chi connectivity index (χ2v) is 3.95. The second kappa shape index (κ2) is 5.34. The van der Waals surface area contributed by atoms with Gasteiger partial charge >= 0.3 is 0 Å². The van der Waals surface area contributed by atoms with Crippen LogP contribution < -0.4 is 16.8 Å². The normalized spacial score (nSPS) is 12.2. The number of hydrogen-bond donors (Lipinski definition) is 3. The Bertz CT molecular complexity index is 391. The Labute approximate surface area is 102 Å². The molecule has 0 radical (unpaired) electrons. The van der Waals surface area contributed by atoms with Crippen LogP contribution in [0.4, 0.5) is 10.1 Å². The van der Waals surface area contributed by atoms with Crippen molar-refractivity contribution in [3.63, 3.8) is 0 Å². The minimum absolute atomic E-state index is 0.0698. The average Bonchev–Trinajstić information content (AvgIpc) is 2.15. The van der Waals surface area contributed by atoms with Crippen molar-refractivity contribution in [2.24, 2.45) is 11.5 Å². The van der Waals surface area contributed by atoms with E-state index in [4.69, 9.17) is 34.7 Å². The Morgan fingerprint density at radius 1 is 1.44 bits per heavy atom. The summed E-state index contributed by atoms with van der Waals surface area (Å²) in [5.41, 5.74) is 10.7. The lowest BCUT2D eigenvalue weighted by atomic mass is 10.2. The van der Waals surface area contributed by atoms with Crippen LogP contribution in [0, 0.1) is 5.82 Å². The molecule has 0 aliphatic rings. The second-order valence-electron chi connectivity index (χ2n) is 3.13. The van der Waals surface area contributed by atoms with Gasteiger partial charge in [0.15, 0.2) is 0 Å². The Morgan fingerprint density at radius 2 is 1.94 bits per heavy atom. The molecule has 0 aromatic heterocycles. The fourth-order valence-corrected chi connectivity index (χ4v) is 1.62. The fraction of sp³-hybridized carbons (Fsp3) is 0.222. The summed E-state index contributed by atoms with van der Waals surface area (Å²) in [6.07, 6.45) is 0. The summed E-state index contributed by atoms with van der Waals surface area (Å²) in [6, 6.07) is 1.34. The standard InChI is InChI=1S/C9H10Cl2FN3O/c10-5-1-4(12)2-6(11)8(5)15-3-7(13)9(14)16/h1-2,7,15H,3,13H2,(H2,14,16). The highest BCUT2D eigenvalue weighted by atomic mass is 35.5. The number of nitrogens with one attached hydrogen (secondary N) is 1. The van der Waals surface area contributed by atoms with Crippen molar-refractivity contribution in [1.82, 2.24) is 0 Å². The van der Waals surface area contributed by atoms with E-state index in [1.807, 2.05) is 0 Å². The zero-order valence-electron chi connectivity index (χ0n) is 8.14. The predicted octanol–water partition coefficient (Wildman–Crippen LogP) is 1.36. The summed E-state index contributed by atoms with van der Waals surface area (Å²) < 4.78 is 12.8. The lowest BCUT2D eigenvalue weighted by molar-refractivity contribution is -0.118. The van der Waals surface area contributed by atoms with E-state index in [1.54, 1.807) is 0 Å². The molecule has 1 rings (SSSR count). The van der Waals surface area contributed by atoms with Crippen molar-refractivity contribution < 1.29 is 9.18 Å². The van der Waals surface area contributed by atoms with Crippen molar-refractivity contribution in [2.75, 3.05) is 11.9 Å². The van der Waals surface area contributed by atoms with E-state index in [9.17, 15) is 9.18 Å². The molecular weight excluding hydrogens is 256 g/mol. The van der Waals surface area contributed by atoms with Gasteiger partial charge < -0.3 is 16.8 Å². The predicted molar refractivity (Wildman–Crippen MR) is 62.1 cm³/mol. The van der Waals surface area contributed by atoms with Gasteiger partial charge in [-0.2, -0.15) is 0 Å². The summed E-state index contributed by atoms with van der Waals surface area (Å²) in [5.74, 6) is -1.19. The molecular formula is C9H10Cl2FN3O. The molecule has 0 aliphatic carbocycles. The first kappa shape index (κ1) is 13.0. The molecule has 1 unspecified atom stereocenters. The number of carbonyl (C=O) groups excluding carboxylic acids is 1. The number of anilines is 1. The third-order valence-corrected chi connectivity index (χ3v) is 2.47. The smallest absolute Gasteiger partial charge is 0.236 e. The summed E-state index contributed by atoms with van der Waals surface area (Å²) in [5, 5.41) is 2.96. The number of primary amides is 1. The third-order valence-electron chi connectivity index (χ3n) is 1.87. The quantitative estimate of drug-likeness (QED) is 0.769. The van der Waals surface area contributed by atoms with Crippen LogP contribution in [0.3, 0.4) is 0 Å². The number of rotatable bonds is 4. The van der Waals surface area contributed by atoms with Crippen molar-refractivity contribution in [3.8, 4) is 0 Å². The van der Waals surface area contributed by atoms with Crippen LogP contribution in [-0.2, 0) is 4.79 Å². The molecule has 0 fully saturated rings. The molecule has 88 valence electrons. The van der Waals surface area contributed by atoms with Gasteiger partial charge in [-0.05, 0) is 12.1 Å². The van der Waals surface area contributed by atoms with Gasteiger partial charge in [0.1, 0.15) is 11.9 Å². The van der Waals surface area contributed by atoms with Crippen molar-refractivity contribution in [1.29, 1.82) is 0 Å². The van der Waals surface area contributed by atoms with Crippen molar-refractivity contribution >= 4 is 34.8 Å².